The Morgan fingerprint density at radius 2 is 1.90 bits per heavy atom. The molecule has 0 bridgehead atoms. The van der Waals surface area contributed by atoms with E-state index in [1.807, 2.05) is 0 Å². The van der Waals surface area contributed by atoms with Crippen molar-refractivity contribution in [2.75, 3.05) is 13.1 Å². The summed E-state index contributed by atoms with van der Waals surface area (Å²) in [4.78, 5) is 4.63. The maximum Gasteiger partial charge on any atom is 0.0897 e. The Morgan fingerprint density at radius 3 is 2.52 bits per heavy atom. The van der Waals surface area contributed by atoms with Crippen molar-refractivity contribution in [3.63, 3.8) is 0 Å². The van der Waals surface area contributed by atoms with Gasteiger partial charge in [-0.2, -0.15) is 0 Å². The van der Waals surface area contributed by atoms with E-state index < -0.39 is 0 Å². The van der Waals surface area contributed by atoms with Crippen LogP contribution in [0.15, 0.2) is 29.6 Å². The van der Waals surface area contributed by atoms with E-state index in [0.717, 1.165) is 25.9 Å². The molecule has 2 rings (SSSR count). The lowest BCUT2D eigenvalue weighted by Gasteiger charge is -2.17. The van der Waals surface area contributed by atoms with Crippen LogP contribution in [-0.4, -0.2) is 18.1 Å². The molecule has 0 saturated heterocycles. The molecular weight excluding hydrogens is 276 g/mol. The van der Waals surface area contributed by atoms with Crippen molar-refractivity contribution in [3.8, 4) is 0 Å². The third kappa shape index (κ3) is 5.60. The quantitative estimate of drug-likeness (QED) is 0.741. The Bertz CT molecular complexity index is 530. The highest BCUT2D eigenvalue weighted by Crippen LogP contribution is 2.17. The van der Waals surface area contributed by atoms with E-state index >= 15 is 0 Å². The zero-order chi connectivity index (χ0) is 15.1. The number of aryl methyl sites for hydroxylation is 2. The van der Waals surface area contributed by atoms with Gasteiger partial charge in [-0.15, -0.1) is 11.3 Å². The van der Waals surface area contributed by atoms with Gasteiger partial charge in [0, 0.05) is 5.38 Å². The molecule has 0 amide bonds. The third-order valence-electron chi connectivity index (χ3n) is 3.67. The SMILES string of the molecule is CCCNCC(Cc1ccc(C)cc1)Cc1csc(C)n1. The molecule has 1 unspecified atom stereocenters. The molecule has 1 aromatic carbocycles. The summed E-state index contributed by atoms with van der Waals surface area (Å²) in [5, 5.41) is 6.94. The first kappa shape index (κ1) is 16.2. The van der Waals surface area contributed by atoms with Crippen molar-refractivity contribution in [1.29, 1.82) is 0 Å². The molecule has 0 aliphatic rings. The molecule has 1 atom stereocenters. The Labute approximate surface area is 132 Å². The smallest absolute Gasteiger partial charge is 0.0897 e. The van der Waals surface area contributed by atoms with Gasteiger partial charge >= 0.3 is 0 Å². The first-order valence-electron chi connectivity index (χ1n) is 7.84. The van der Waals surface area contributed by atoms with Gasteiger partial charge in [-0.05, 0) is 57.7 Å². The normalized spacial score (nSPS) is 12.5. The molecule has 0 aliphatic carbocycles. The van der Waals surface area contributed by atoms with Crippen LogP contribution in [0.4, 0.5) is 0 Å². The Hall–Kier alpha value is -1.19. The Kier molecular flexibility index (Phi) is 6.40. The molecular formula is C18H26N2S. The molecule has 2 aromatic rings. The van der Waals surface area contributed by atoms with Gasteiger partial charge in [-0.3, -0.25) is 0 Å². The van der Waals surface area contributed by atoms with E-state index in [2.05, 4.69) is 60.7 Å². The summed E-state index contributed by atoms with van der Waals surface area (Å²) in [5.74, 6) is 0.612. The van der Waals surface area contributed by atoms with Crippen molar-refractivity contribution in [1.82, 2.24) is 10.3 Å². The second-order valence-electron chi connectivity index (χ2n) is 5.82. The minimum atomic E-state index is 0.612. The molecule has 2 nitrogen and oxygen atoms in total. The van der Waals surface area contributed by atoms with Gasteiger partial charge in [0.15, 0.2) is 0 Å². The highest BCUT2D eigenvalue weighted by Gasteiger charge is 2.12. The van der Waals surface area contributed by atoms with Gasteiger partial charge < -0.3 is 5.32 Å². The third-order valence-corrected chi connectivity index (χ3v) is 4.49. The van der Waals surface area contributed by atoms with Crippen molar-refractivity contribution >= 4 is 11.3 Å². The van der Waals surface area contributed by atoms with Crippen molar-refractivity contribution in [2.45, 2.75) is 40.0 Å². The summed E-state index contributed by atoms with van der Waals surface area (Å²) < 4.78 is 0. The average molecular weight is 302 g/mol. The molecule has 0 aliphatic heterocycles. The number of hydrogen-bond acceptors (Lipinski definition) is 3. The van der Waals surface area contributed by atoms with E-state index in [4.69, 9.17) is 0 Å². The lowest BCUT2D eigenvalue weighted by atomic mass is 9.94. The molecule has 0 spiro atoms. The zero-order valence-electron chi connectivity index (χ0n) is 13.4. The molecule has 1 N–H and O–H groups in total. The zero-order valence-corrected chi connectivity index (χ0v) is 14.2. The van der Waals surface area contributed by atoms with Gasteiger partial charge in [-0.1, -0.05) is 36.8 Å². The van der Waals surface area contributed by atoms with Crippen LogP contribution < -0.4 is 5.32 Å². The van der Waals surface area contributed by atoms with Crippen LogP contribution in [0.25, 0.3) is 0 Å². The summed E-state index contributed by atoms with van der Waals surface area (Å²) >= 11 is 1.75. The van der Waals surface area contributed by atoms with Crippen LogP contribution in [0, 0.1) is 19.8 Å². The first-order valence-corrected chi connectivity index (χ1v) is 8.72. The van der Waals surface area contributed by atoms with Gasteiger partial charge in [0.1, 0.15) is 0 Å². The number of aromatic nitrogens is 1. The van der Waals surface area contributed by atoms with Crippen molar-refractivity contribution < 1.29 is 0 Å². The minimum absolute atomic E-state index is 0.612. The average Bonchev–Trinajstić information content (AvgIpc) is 2.87. The van der Waals surface area contributed by atoms with Gasteiger partial charge in [0.25, 0.3) is 0 Å². The summed E-state index contributed by atoms with van der Waals surface area (Å²) in [5.41, 5.74) is 4.00. The second-order valence-corrected chi connectivity index (χ2v) is 6.88. The summed E-state index contributed by atoms with van der Waals surface area (Å²) in [6, 6.07) is 8.93. The highest BCUT2D eigenvalue weighted by molar-refractivity contribution is 7.09. The van der Waals surface area contributed by atoms with Crippen LogP contribution in [-0.2, 0) is 12.8 Å². The largest absolute Gasteiger partial charge is 0.316 e. The highest BCUT2D eigenvalue weighted by atomic mass is 32.1. The van der Waals surface area contributed by atoms with Gasteiger partial charge in [0.05, 0.1) is 10.7 Å². The lowest BCUT2D eigenvalue weighted by molar-refractivity contribution is 0.467. The van der Waals surface area contributed by atoms with Gasteiger partial charge in [0.2, 0.25) is 0 Å². The monoisotopic (exact) mass is 302 g/mol. The van der Waals surface area contributed by atoms with Crippen LogP contribution in [0.1, 0.15) is 35.2 Å². The predicted octanol–water partition coefficient (Wildman–Crippen LogP) is 4.16. The minimum Gasteiger partial charge on any atom is -0.316 e. The van der Waals surface area contributed by atoms with E-state index in [1.165, 1.54) is 28.2 Å². The standard InChI is InChI=1S/C18H26N2S/c1-4-9-19-12-17(11-18-13-21-15(3)20-18)10-16-7-5-14(2)6-8-16/h5-8,13,17,19H,4,9-12H2,1-3H3. The number of rotatable bonds is 8. The van der Waals surface area contributed by atoms with Crippen LogP contribution >= 0.6 is 11.3 Å². The van der Waals surface area contributed by atoms with E-state index in [9.17, 15) is 0 Å². The Balaban J connectivity index is 1.98. The fourth-order valence-electron chi connectivity index (χ4n) is 2.55. The van der Waals surface area contributed by atoms with Crippen molar-refractivity contribution in [3.05, 3.63) is 51.5 Å². The molecule has 1 heterocycles. The summed E-state index contributed by atoms with van der Waals surface area (Å²) in [7, 11) is 0. The van der Waals surface area contributed by atoms with E-state index in [-0.39, 0.29) is 0 Å². The van der Waals surface area contributed by atoms with E-state index in [0.29, 0.717) is 5.92 Å². The fraction of sp³-hybridized carbons (Fsp3) is 0.500. The summed E-state index contributed by atoms with van der Waals surface area (Å²) in [6.45, 7) is 8.60. The molecule has 0 radical (unpaired) electrons. The molecule has 0 fully saturated rings. The fourth-order valence-corrected chi connectivity index (χ4v) is 3.18. The number of nitrogens with one attached hydrogen (secondary N) is 1. The molecule has 0 saturated carbocycles. The van der Waals surface area contributed by atoms with E-state index in [1.54, 1.807) is 11.3 Å². The second kappa shape index (κ2) is 8.30. The first-order chi connectivity index (χ1) is 10.2. The summed E-state index contributed by atoms with van der Waals surface area (Å²) in [6.07, 6.45) is 3.37. The molecule has 1 aromatic heterocycles. The van der Waals surface area contributed by atoms with Gasteiger partial charge in [-0.25, -0.2) is 4.98 Å². The maximum atomic E-state index is 4.63. The maximum absolute atomic E-state index is 4.63. The van der Waals surface area contributed by atoms with Crippen LogP contribution in [0.3, 0.4) is 0 Å². The topological polar surface area (TPSA) is 24.9 Å². The number of benzene rings is 1. The van der Waals surface area contributed by atoms with Crippen LogP contribution in [0.5, 0.6) is 0 Å². The predicted molar refractivity (Wildman–Crippen MR) is 92.1 cm³/mol. The molecule has 114 valence electrons. The molecule has 21 heavy (non-hydrogen) atoms. The number of thiazole rings is 1. The molecule has 3 heteroatoms. The Morgan fingerprint density at radius 1 is 1.14 bits per heavy atom. The van der Waals surface area contributed by atoms with Crippen LogP contribution in [0.2, 0.25) is 0 Å². The van der Waals surface area contributed by atoms with Crippen molar-refractivity contribution in [2.24, 2.45) is 5.92 Å². The number of hydrogen-bond donors (Lipinski definition) is 1. The number of nitrogens with zero attached hydrogens (tertiary/aromatic N) is 1. The lowest BCUT2D eigenvalue weighted by Crippen LogP contribution is -2.26.